The van der Waals surface area contributed by atoms with Gasteiger partial charge >= 0.3 is 17.9 Å². The maximum Gasteiger partial charge on any atom is 0.306 e. The summed E-state index contributed by atoms with van der Waals surface area (Å²) < 4.78 is 16.7. The largest absolute Gasteiger partial charge is 0.462 e. The molecule has 0 saturated carbocycles. The number of hydrogen-bond acceptors (Lipinski definition) is 6. The van der Waals surface area contributed by atoms with E-state index in [1.165, 1.54) is 64.2 Å². The highest BCUT2D eigenvalue weighted by molar-refractivity contribution is 5.71. The van der Waals surface area contributed by atoms with Crippen molar-refractivity contribution in [2.45, 2.75) is 226 Å². The van der Waals surface area contributed by atoms with Crippen LogP contribution in [-0.4, -0.2) is 37.2 Å². The minimum Gasteiger partial charge on any atom is -0.462 e. The summed E-state index contributed by atoms with van der Waals surface area (Å²) >= 11 is 0. The summed E-state index contributed by atoms with van der Waals surface area (Å²) in [6.45, 7) is 6.35. The van der Waals surface area contributed by atoms with Crippen molar-refractivity contribution in [2.24, 2.45) is 0 Å². The van der Waals surface area contributed by atoms with Crippen LogP contribution < -0.4 is 0 Å². The zero-order valence-electron chi connectivity index (χ0n) is 40.1. The zero-order valence-corrected chi connectivity index (χ0v) is 40.1. The van der Waals surface area contributed by atoms with Gasteiger partial charge in [0.15, 0.2) is 6.10 Å². The molecule has 0 aromatic heterocycles. The molecule has 1 atom stereocenters. The Labute approximate surface area is 381 Å². The van der Waals surface area contributed by atoms with Gasteiger partial charge in [0, 0.05) is 19.3 Å². The van der Waals surface area contributed by atoms with Gasteiger partial charge in [0.25, 0.3) is 0 Å². The predicted octanol–water partition coefficient (Wildman–Crippen LogP) is 16.6. The van der Waals surface area contributed by atoms with Gasteiger partial charge in [0.05, 0.1) is 0 Å². The molecule has 0 fully saturated rings. The fraction of sp³-hybridized carbons (Fsp3) is 0.661. The Morgan fingerprint density at radius 3 is 1.13 bits per heavy atom. The summed E-state index contributed by atoms with van der Waals surface area (Å²) in [6.07, 6.45) is 65.5. The lowest BCUT2D eigenvalue weighted by atomic mass is 10.1. The van der Waals surface area contributed by atoms with Crippen LogP contribution in [0.25, 0.3) is 0 Å². The molecule has 0 aromatic rings. The summed E-state index contributed by atoms with van der Waals surface area (Å²) in [5, 5.41) is 0. The van der Waals surface area contributed by atoms with Crippen molar-refractivity contribution < 1.29 is 28.6 Å². The SMILES string of the molecule is CC/C=C\C/C=C\C/C=C\C/C=C\CCC(=O)OC(COC(=O)CCCCCCC/C=C\CCC)COC(=O)CCCCCCCC/C=C\C/C=C\C/C=C\CCCCCCC. The van der Waals surface area contributed by atoms with Gasteiger partial charge in [0.1, 0.15) is 13.2 Å². The van der Waals surface area contributed by atoms with Crippen LogP contribution in [0.15, 0.2) is 97.2 Å². The Balaban J connectivity index is 4.42. The predicted molar refractivity (Wildman–Crippen MR) is 265 cm³/mol. The number of hydrogen-bond donors (Lipinski definition) is 0. The number of rotatable bonds is 44. The van der Waals surface area contributed by atoms with Crippen molar-refractivity contribution in [3.05, 3.63) is 97.2 Å². The third-order valence-electron chi connectivity index (χ3n) is 10.3. The van der Waals surface area contributed by atoms with Crippen molar-refractivity contribution in [3.8, 4) is 0 Å². The van der Waals surface area contributed by atoms with E-state index in [9.17, 15) is 14.4 Å². The third-order valence-corrected chi connectivity index (χ3v) is 10.3. The maximum absolute atomic E-state index is 12.7. The molecule has 352 valence electrons. The minimum atomic E-state index is -0.824. The maximum atomic E-state index is 12.7. The van der Waals surface area contributed by atoms with Crippen molar-refractivity contribution in [1.29, 1.82) is 0 Å². The lowest BCUT2D eigenvalue weighted by Crippen LogP contribution is -2.30. The van der Waals surface area contributed by atoms with Crippen LogP contribution in [0.5, 0.6) is 0 Å². The summed E-state index contributed by atoms with van der Waals surface area (Å²) in [4.78, 5) is 37.8. The molecule has 0 spiro atoms. The van der Waals surface area contributed by atoms with Crippen molar-refractivity contribution >= 4 is 17.9 Å². The number of allylic oxidation sites excluding steroid dienone is 16. The Hall–Kier alpha value is -3.67. The molecule has 0 saturated heterocycles. The lowest BCUT2D eigenvalue weighted by molar-refractivity contribution is -0.166. The van der Waals surface area contributed by atoms with Crippen LogP contribution in [0.1, 0.15) is 220 Å². The molecule has 0 heterocycles. The normalized spacial score (nSPS) is 12.9. The van der Waals surface area contributed by atoms with Gasteiger partial charge in [-0.25, -0.2) is 0 Å². The highest BCUT2D eigenvalue weighted by atomic mass is 16.6. The van der Waals surface area contributed by atoms with Gasteiger partial charge in [0.2, 0.25) is 0 Å². The number of carbonyl (C=O) groups is 3. The van der Waals surface area contributed by atoms with Gasteiger partial charge in [-0.1, -0.05) is 195 Å². The number of esters is 3. The van der Waals surface area contributed by atoms with Gasteiger partial charge in [-0.15, -0.1) is 0 Å². The molecule has 0 aliphatic heterocycles. The minimum absolute atomic E-state index is 0.116. The molecular weight excluding hydrogens is 769 g/mol. The summed E-state index contributed by atoms with van der Waals surface area (Å²) in [7, 11) is 0. The van der Waals surface area contributed by atoms with E-state index in [2.05, 4.69) is 106 Å². The summed E-state index contributed by atoms with van der Waals surface area (Å²) in [5.41, 5.74) is 0. The van der Waals surface area contributed by atoms with Gasteiger partial charge in [-0.2, -0.15) is 0 Å². The third kappa shape index (κ3) is 47.4. The Kier molecular flexibility index (Phi) is 47.0. The van der Waals surface area contributed by atoms with Crippen LogP contribution in [0.4, 0.5) is 0 Å². The molecule has 0 bridgehead atoms. The van der Waals surface area contributed by atoms with Crippen LogP contribution in [0.3, 0.4) is 0 Å². The first-order valence-corrected chi connectivity index (χ1v) is 25.2. The Bertz CT molecular complexity index is 1260. The van der Waals surface area contributed by atoms with Gasteiger partial charge in [-0.05, 0) is 103 Å². The molecular formula is C56H92O6. The lowest BCUT2D eigenvalue weighted by Gasteiger charge is -2.18. The Morgan fingerprint density at radius 2 is 0.694 bits per heavy atom. The van der Waals surface area contributed by atoms with E-state index in [1.54, 1.807) is 0 Å². The molecule has 6 heteroatoms. The van der Waals surface area contributed by atoms with Crippen LogP contribution in [0.2, 0.25) is 0 Å². The molecule has 0 aliphatic rings. The molecule has 0 aromatic carbocycles. The first kappa shape index (κ1) is 58.3. The van der Waals surface area contributed by atoms with E-state index < -0.39 is 12.1 Å². The Morgan fingerprint density at radius 1 is 0.339 bits per heavy atom. The van der Waals surface area contributed by atoms with E-state index >= 15 is 0 Å². The molecule has 0 N–H and O–H groups in total. The topological polar surface area (TPSA) is 78.9 Å². The van der Waals surface area contributed by atoms with Crippen molar-refractivity contribution in [1.82, 2.24) is 0 Å². The van der Waals surface area contributed by atoms with E-state index in [0.717, 1.165) is 109 Å². The number of unbranched alkanes of at least 4 members (excludes halogenated alkanes) is 17. The quantitative estimate of drug-likeness (QED) is 0.0263. The first-order chi connectivity index (χ1) is 30.5. The average Bonchev–Trinajstić information content (AvgIpc) is 3.27. The van der Waals surface area contributed by atoms with Gasteiger partial charge in [-0.3, -0.25) is 14.4 Å². The van der Waals surface area contributed by atoms with E-state index in [4.69, 9.17) is 14.2 Å². The average molecular weight is 861 g/mol. The summed E-state index contributed by atoms with van der Waals surface area (Å²) in [5.74, 6) is -1.03. The second kappa shape index (κ2) is 50.0. The van der Waals surface area contributed by atoms with Crippen molar-refractivity contribution in [2.75, 3.05) is 13.2 Å². The molecule has 0 amide bonds. The monoisotopic (exact) mass is 861 g/mol. The molecule has 6 nitrogen and oxygen atoms in total. The highest BCUT2D eigenvalue weighted by Crippen LogP contribution is 2.12. The number of ether oxygens (including phenoxy) is 3. The standard InChI is InChI=1S/C56H92O6/c1-4-7-10-13-16-19-22-24-25-26-27-28-29-30-31-33-34-37-40-43-46-49-55(58)61-52-53(51-60-54(57)48-45-42-39-36-21-18-15-12-9-6-3)62-56(59)50-47-44-41-38-35-32-23-20-17-14-11-8-5-2/h8,11-12,15,17,20,22,24,26-27,29-30,32,35,41,44,53H,4-7,9-10,13-14,16,18-19,21,23,25,28,31,33-34,36-40,42-43,45-52H2,1-3H3/b11-8-,15-12-,20-17-,24-22-,27-26-,30-29-,35-32-,44-41-. The fourth-order valence-corrected chi connectivity index (χ4v) is 6.52. The highest BCUT2D eigenvalue weighted by Gasteiger charge is 2.19. The van der Waals surface area contributed by atoms with Crippen LogP contribution in [0, 0.1) is 0 Å². The van der Waals surface area contributed by atoms with Gasteiger partial charge < -0.3 is 14.2 Å². The van der Waals surface area contributed by atoms with E-state index in [1.807, 2.05) is 12.2 Å². The molecule has 0 radical (unpaired) electrons. The van der Waals surface area contributed by atoms with E-state index in [0.29, 0.717) is 19.3 Å². The second-order valence-electron chi connectivity index (χ2n) is 16.3. The molecule has 0 aliphatic carbocycles. The fourth-order valence-electron chi connectivity index (χ4n) is 6.52. The smallest absolute Gasteiger partial charge is 0.306 e. The van der Waals surface area contributed by atoms with Crippen molar-refractivity contribution in [3.63, 3.8) is 0 Å². The van der Waals surface area contributed by atoms with Crippen LogP contribution in [-0.2, 0) is 28.6 Å². The van der Waals surface area contributed by atoms with E-state index in [-0.39, 0.29) is 31.6 Å². The number of carbonyl (C=O) groups excluding carboxylic acids is 3. The first-order valence-electron chi connectivity index (χ1n) is 25.2. The summed E-state index contributed by atoms with van der Waals surface area (Å²) in [6, 6.07) is 0. The molecule has 62 heavy (non-hydrogen) atoms. The molecule has 1 unspecified atom stereocenters. The van der Waals surface area contributed by atoms with Crippen LogP contribution >= 0.6 is 0 Å². The molecule has 0 rings (SSSR count). The zero-order chi connectivity index (χ0) is 45.1. The second-order valence-corrected chi connectivity index (χ2v) is 16.3.